The smallest absolute Gasteiger partial charge is 0.228 e. The zero-order valence-corrected chi connectivity index (χ0v) is 18.0. The Morgan fingerprint density at radius 2 is 1.83 bits per heavy atom. The first-order valence-electron chi connectivity index (χ1n) is 9.93. The zero-order chi connectivity index (χ0) is 21.1. The maximum absolute atomic E-state index is 12.9. The summed E-state index contributed by atoms with van der Waals surface area (Å²) in [5.74, 6) is -0.647. The Hall–Kier alpha value is -2.41. The number of carbonyl (C=O) groups is 1. The standard InChI is InChI=1S/C23H23ClN2O3S/c24-20-10-3-6-17(14-20)16-30(28,29)26-13-5-9-19(15-26)23(27)25-22-12-4-8-18-7-1-2-11-21(18)22/h1-4,6-8,10-12,14,19H,5,9,13,15-16H2,(H,25,27)/t19-/m1/s1. The summed E-state index contributed by atoms with van der Waals surface area (Å²) in [5.41, 5.74) is 1.39. The summed E-state index contributed by atoms with van der Waals surface area (Å²) in [6, 6.07) is 20.5. The third kappa shape index (κ3) is 4.67. The first-order valence-corrected chi connectivity index (χ1v) is 11.9. The second-order valence-corrected chi connectivity index (χ2v) is 10.0. The van der Waals surface area contributed by atoms with Crippen LogP contribution in [0, 0.1) is 5.92 Å². The van der Waals surface area contributed by atoms with E-state index in [2.05, 4.69) is 5.32 Å². The molecule has 1 fully saturated rings. The average molecular weight is 443 g/mol. The second kappa shape index (κ2) is 8.76. The molecule has 0 aromatic heterocycles. The molecule has 0 unspecified atom stereocenters. The molecular weight excluding hydrogens is 420 g/mol. The Balaban J connectivity index is 1.47. The van der Waals surface area contributed by atoms with E-state index in [4.69, 9.17) is 11.6 Å². The van der Waals surface area contributed by atoms with Crippen molar-refractivity contribution in [2.45, 2.75) is 18.6 Å². The number of hydrogen-bond donors (Lipinski definition) is 1. The van der Waals surface area contributed by atoms with Crippen molar-refractivity contribution in [2.24, 2.45) is 5.92 Å². The fourth-order valence-electron chi connectivity index (χ4n) is 3.91. The predicted molar refractivity (Wildman–Crippen MR) is 121 cm³/mol. The van der Waals surface area contributed by atoms with E-state index in [1.807, 2.05) is 42.5 Å². The van der Waals surface area contributed by atoms with E-state index >= 15 is 0 Å². The van der Waals surface area contributed by atoms with Crippen LogP contribution in [-0.4, -0.2) is 31.7 Å². The number of anilines is 1. The molecule has 0 saturated carbocycles. The largest absolute Gasteiger partial charge is 0.325 e. The molecule has 1 saturated heterocycles. The van der Waals surface area contributed by atoms with Gasteiger partial charge in [0.05, 0.1) is 11.7 Å². The summed E-state index contributed by atoms with van der Waals surface area (Å²) >= 11 is 5.98. The van der Waals surface area contributed by atoms with Gasteiger partial charge in [0, 0.05) is 29.2 Å². The Labute approximate surface area is 181 Å². The summed E-state index contributed by atoms with van der Waals surface area (Å²) < 4.78 is 27.3. The summed E-state index contributed by atoms with van der Waals surface area (Å²) in [4.78, 5) is 12.9. The lowest BCUT2D eigenvalue weighted by Gasteiger charge is -2.31. The number of benzene rings is 3. The molecule has 1 aliphatic heterocycles. The molecule has 3 aromatic carbocycles. The van der Waals surface area contributed by atoms with Gasteiger partial charge >= 0.3 is 0 Å². The minimum absolute atomic E-state index is 0.120. The second-order valence-electron chi connectivity index (χ2n) is 7.60. The van der Waals surface area contributed by atoms with Crippen LogP contribution in [-0.2, 0) is 20.6 Å². The number of fused-ring (bicyclic) bond motifs is 1. The highest BCUT2D eigenvalue weighted by Gasteiger charge is 2.32. The summed E-state index contributed by atoms with van der Waals surface area (Å²) in [5, 5.41) is 5.53. The quantitative estimate of drug-likeness (QED) is 0.624. The van der Waals surface area contributed by atoms with Gasteiger partial charge in [0.15, 0.2) is 0 Å². The van der Waals surface area contributed by atoms with Crippen LogP contribution in [0.3, 0.4) is 0 Å². The third-order valence-electron chi connectivity index (χ3n) is 5.43. The Morgan fingerprint density at radius 3 is 2.67 bits per heavy atom. The van der Waals surface area contributed by atoms with E-state index in [9.17, 15) is 13.2 Å². The van der Waals surface area contributed by atoms with Gasteiger partial charge in [-0.05, 0) is 42.0 Å². The van der Waals surface area contributed by atoms with Crippen molar-refractivity contribution in [3.05, 3.63) is 77.3 Å². The number of piperidine rings is 1. The highest BCUT2D eigenvalue weighted by atomic mass is 35.5. The van der Waals surface area contributed by atoms with Crippen molar-refractivity contribution in [3.8, 4) is 0 Å². The molecule has 0 radical (unpaired) electrons. The topological polar surface area (TPSA) is 66.5 Å². The zero-order valence-electron chi connectivity index (χ0n) is 16.4. The SMILES string of the molecule is O=C(Nc1cccc2ccccc12)[C@@H]1CCCN(S(=O)(=O)Cc2cccc(Cl)c2)C1. The van der Waals surface area contributed by atoms with Crippen LogP contribution in [0.25, 0.3) is 10.8 Å². The van der Waals surface area contributed by atoms with Crippen molar-refractivity contribution in [1.82, 2.24) is 4.31 Å². The lowest BCUT2D eigenvalue weighted by Crippen LogP contribution is -2.44. The van der Waals surface area contributed by atoms with Gasteiger partial charge in [0.1, 0.15) is 0 Å². The minimum atomic E-state index is -3.53. The van der Waals surface area contributed by atoms with Crippen molar-refractivity contribution in [1.29, 1.82) is 0 Å². The summed E-state index contributed by atoms with van der Waals surface area (Å²) in [6.07, 6.45) is 1.32. The molecule has 1 N–H and O–H groups in total. The number of nitrogens with one attached hydrogen (secondary N) is 1. The van der Waals surface area contributed by atoms with Crippen LogP contribution in [0.2, 0.25) is 5.02 Å². The molecule has 0 bridgehead atoms. The molecule has 0 spiro atoms. The Kier molecular flexibility index (Phi) is 6.09. The van der Waals surface area contributed by atoms with Crippen LogP contribution in [0.15, 0.2) is 66.7 Å². The highest BCUT2D eigenvalue weighted by Crippen LogP contribution is 2.26. The monoisotopic (exact) mass is 442 g/mol. The van der Waals surface area contributed by atoms with Crippen LogP contribution in [0.1, 0.15) is 18.4 Å². The van der Waals surface area contributed by atoms with E-state index in [0.29, 0.717) is 30.0 Å². The number of halogens is 1. The van der Waals surface area contributed by atoms with Crippen LogP contribution < -0.4 is 5.32 Å². The summed E-state index contributed by atoms with van der Waals surface area (Å²) in [7, 11) is -3.53. The van der Waals surface area contributed by atoms with Crippen molar-refractivity contribution in [3.63, 3.8) is 0 Å². The van der Waals surface area contributed by atoms with Crippen LogP contribution >= 0.6 is 11.6 Å². The van der Waals surface area contributed by atoms with Gasteiger partial charge in [0.25, 0.3) is 0 Å². The van der Waals surface area contributed by atoms with E-state index < -0.39 is 10.0 Å². The van der Waals surface area contributed by atoms with Gasteiger partial charge in [-0.2, -0.15) is 0 Å². The summed E-state index contributed by atoms with van der Waals surface area (Å²) in [6.45, 7) is 0.625. The molecule has 7 heteroatoms. The molecule has 4 rings (SSSR count). The molecule has 1 amide bonds. The van der Waals surface area contributed by atoms with Gasteiger partial charge < -0.3 is 5.32 Å². The van der Waals surface area contributed by atoms with Gasteiger partial charge in [-0.3, -0.25) is 4.79 Å². The first kappa shape index (κ1) is 20.8. The molecule has 0 aliphatic carbocycles. The van der Waals surface area contributed by atoms with E-state index in [-0.39, 0.29) is 24.1 Å². The highest BCUT2D eigenvalue weighted by molar-refractivity contribution is 7.88. The minimum Gasteiger partial charge on any atom is -0.325 e. The molecule has 1 atom stereocenters. The van der Waals surface area contributed by atoms with E-state index in [0.717, 1.165) is 16.5 Å². The molecule has 156 valence electrons. The Morgan fingerprint density at radius 1 is 1.07 bits per heavy atom. The van der Waals surface area contributed by atoms with Crippen LogP contribution in [0.4, 0.5) is 5.69 Å². The number of amides is 1. The van der Waals surface area contributed by atoms with Gasteiger partial charge in [-0.1, -0.05) is 60.1 Å². The molecule has 30 heavy (non-hydrogen) atoms. The molecule has 1 aliphatic rings. The predicted octanol–water partition coefficient (Wildman–Crippen LogP) is 4.67. The number of rotatable bonds is 5. The van der Waals surface area contributed by atoms with Crippen molar-refractivity contribution in [2.75, 3.05) is 18.4 Å². The maximum Gasteiger partial charge on any atom is 0.228 e. The molecule has 5 nitrogen and oxygen atoms in total. The number of nitrogens with zero attached hydrogens (tertiary/aromatic N) is 1. The Bertz CT molecular complexity index is 1170. The molecule has 3 aromatic rings. The normalized spacial score (nSPS) is 17.7. The fraction of sp³-hybridized carbons (Fsp3) is 0.261. The van der Waals surface area contributed by atoms with Crippen molar-refractivity contribution >= 4 is 44.0 Å². The fourth-order valence-corrected chi connectivity index (χ4v) is 5.72. The third-order valence-corrected chi connectivity index (χ3v) is 7.49. The lowest BCUT2D eigenvalue weighted by molar-refractivity contribution is -0.120. The number of sulfonamides is 1. The molecular formula is C23H23ClN2O3S. The number of carbonyl (C=O) groups excluding carboxylic acids is 1. The molecule has 1 heterocycles. The number of hydrogen-bond acceptors (Lipinski definition) is 3. The van der Waals surface area contributed by atoms with Gasteiger partial charge in [-0.15, -0.1) is 0 Å². The average Bonchev–Trinajstić information content (AvgIpc) is 2.74. The van der Waals surface area contributed by atoms with E-state index in [1.54, 1.807) is 24.3 Å². The van der Waals surface area contributed by atoms with Crippen LogP contribution in [0.5, 0.6) is 0 Å². The maximum atomic E-state index is 12.9. The first-order chi connectivity index (χ1) is 14.4. The lowest BCUT2D eigenvalue weighted by atomic mass is 9.98. The van der Waals surface area contributed by atoms with Gasteiger partial charge in [-0.25, -0.2) is 12.7 Å². The van der Waals surface area contributed by atoms with E-state index in [1.165, 1.54) is 4.31 Å². The van der Waals surface area contributed by atoms with Crippen molar-refractivity contribution < 1.29 is 13.2 Å². The van der Waals surface area contributed by atoms with Gasteiger partial charge in [0.2, 0.25) is 15.9 Å².